The summed E-state index contributed by atoms with van der Waals surface area (Å²) in [7, 11) is 0. The lowest BCUT2D eigenvalue weighted by atomic mass is 9.73. The third kappa shape index (κ3) is 7.17. The van der Waals surface area contributed by atoms with Crippen LogP contribution < -0.4 is 10.6 Å². The van der Waals surface area contributed by atoms with Gasteiger partial charge in [0, 0.05) is 13.1 Å². The van der Waals surface area contributed by atoms with Crippen LogP contribution in [0.15, 0.2) is 36.4 Å². The Morgan fingerprint density at radius 1 is 0.976 bits per heavy atom. The second-order valence-electron chi connectivity index (χ2n) is 11.7. The smallest absolute Gasteiger partial charge is 0.408 e. The van der Waals surface area contributed by atoms with Gasteiger partial charge in [-0.3, -0.25) is 9.69 Å². The maximum absolute atomic E-state index is 14.5. The third-order valence-corrected chi connectivity index (χ3v) is 7.55. The molecular formula is C30H36F5N3O3. The number of unbranched alkanes of at least 4 members (excludes halogenated alkanes) is 1. The van der Waals surface area contributed by atoms with E-state index in [2.05, 4.69) is 10.2 Å². The molecule has 6 nitrogen and oxygen atoms in total. The standard InChI is InChI=1S/C30H36F5N3O3/c1-28(2,3)41-27(40)37-25-8-4-6-14-38(25)15-7-5-13-29(26(39)36-18-30(33,34)35)23-16-19(31)9-11-21(23)22-12-10-20(32)17-24(22)29/h9-12,16-17,25H,4-8,13-15,18H2,1-3H3,(H,36,39)(H,37,40). The second kappa shape index (κ2) is 12.0. The number of hydrogen-bond donors (Lipinski definition) is 2. The van der Waals surface area contributed by atoms with Crippen LogP contribution in [0.1, 0.15) is 70.4 Å². The van der Waals surface area contributed by atoms with Crippen molar-refractivity contribution in [3.05, 3.63) is 59.2 Å². The van der Waals surface area contributed by atoms with Crippen molar-refractivity contribution in [3.8, 4) is 11.1 Å². The van der Waals surface area contributed by atoms with Crippen molar-refractivity contribution in [1.29, 1.82) is 0 Å². The highest BCUT2D eigenvalue weighted by molar-refractivity contribution is 6.00. The van der Waals surface area contributed by atoms with Crippen LogP contribution in [0.25, 0.3) is 11.1 Å². The first-order valence-electron chi connectivity index (χ1n) is 13.9. The fourth-order valence-corrected chi connectivity index (χ4v) is 5.88. The Morgan fingerprint density at radius 2 is 1.59 bits per heavy atom. The van der Waals surface area contributed by atoms with E-state index < -0.39 is 47.4 Å². The van der Waals surface area contributed by atoms with Gasteiger partial charge in [0.25, 0.3) is 0 Å². The van der Waals surface area contributed by atoms with Crippen molar-refractivity contribution >= 4 is 12.0 Å². The van der Waals surface area contributed by atoms with Crippen LogP contribution in [0.2, 0.25) is 0 Å². The molecule has 0 saturated carbocycles. The zero-order valence-corrected chi connectivity index (χ0v) is 23.5. The fraction of sp³-hybridized carbons (Fsp3) is 0.533. The van der Waals surface area contributed by atoms with Crippen molar-refractivity contribution in [2.75, 3.05) is 19.6 Å². The summed E-state index contributed by atoms with van der Waals surface area (Å²) >= 11 is 0. The lowest BCUT2D eigenvalue weighted by Gasteiger charge is -2.37. The number of piperidine rings is 1. The molecule has 4 rings (SSSR count). The van der Waals surface area contributed by atoms with Gasteiger partial charge in [-0.2, -0.15) is 13.2 Å². The van der Waals surface area contributed by atoms with Gasteiger partial charge in [0.15, 0.2) is 0 Å². The van der Waals surface area contributed by atoms with Crippen molar-refractivity contribution < 1.29 is 36.3 Å². The number of rotatable bonds is 8. The molecule has 2 amide bonds. The number of carbonyl (C=O) groups is 2. The highest BCUT2D eigenvalue weighted by Crippen LogP contribution is 2.52. The summed E-state index contributed by atoms with van der Waals surface area (Å²) in [5.74, 6) is -2.24. The van der Waals surface area contributed by atoms with Crippen LogP contribution in [0.5, 0.6) is 0 Å². The Labute approximate surface area is 236 Å². The predicted molar refractivity (Wildman–Crippen MR) is 144 cm³/mol. The highest BCUT2D eigenvalue weighted by Gasteiger charge is 2.50. The summed E-state index contributed by atoms with van der Waals surface area (Å²) in [5, 5.41) is 4.90. The summed E-state index contributed by atoms with van der Waals surface area (Å²) < 4.78 is 73.7. The van der Waals surface area contributed by atoms with Gasteiger partial charge in [-0.1, -0.05) is 18.6 Å². The van der Waals surface area contributed by atoms with E-state index >= 15 is 0 Å². The van der Waals surface area contributed by atoms with E-state index in [1.54, 1.807) is 20.8 Å². The average molecular weight is 582 g/mol. The number of alkyl carbamates (subject to hydrolysis) is 1. The maximum Gasteiger partial charge on any atom is 0.408 e. The van der Waals surface area contributed by atoms with E-state index in [1.165, 1.54) is 24.3 Å². The third-order valence-electron chi connectivity index (χ3n) is 7.55. The Kier molecular flexibility index (Phi) is 8.96. The minimum Gasteiger partial charge on any atom is -0.444 e. The molecule has 2 aromatic rings. The summed E-state index contributed by atoms with van der Waals surface area (Å²) in [4.78, 5) is 28.1. The van der Waals surface area contributed by atoms with E-state index in [-0.39, 0.29) is 23.7 Å². The number of amides is 2. The molecule has 0 spiro atoms. The molecule has 2 aliphatic rings. The fourth-order valence-electron chi connectivity index (χ4n) is 5.88. The van der Waals surface area contributed by atoms with Gasteiger partial charge < -0.3 is 15.4 Å². The van der Waals surface area contributed by atoms with Crippen LogP contribution >= 0.6 is 0 Å². The molecule has 1 unspecified atom stereocenters. The molecule has 1 saturated heterocycles. The SMILES string of the molecule is CC(C)(C)OC(=O)NC1CCCCN1CCCCC1(C(=O)NCC(F)(F)F)c2cc(F)ccc2-c2ccc(F)cc21. The first-order valence-corrected chi connectivity index (χ1v) is 13.9. The van der Waals surface area contributed by atoms with Crippen LogP contribution in [0.3, 0.4) is 0 Å². The normalized spacial score (nSPS) is 18.4. The predicted octanol–water partition coefficient (Wildman–Crippen LogP) is 6.42. The molecule has 1 aliphatic carbocycles. The molecule has 0 aromatic heterocycles. The van der Waals surface area contributed by atoms with Gasteiger partial charge in [-0.15, -0.1) is 0 Å². The van der Waals surface area contributed by atoms with E-state index in [4.69, 9.17) is 4.74 Å². The molecule has 1 aliphatic heterocycles. The molecule has 1 heterocycles. The van der Waals surface area contributed by atoms with Crippen molar-refractivity contribution in [2.24, 2.45) is 0 Å². The van der Waals surface area contributed by atoms with E-state index in [0.29, 0.717) is 30.5 Å². The molecular weight excluding hydrogens is 545 g/mol. The molecule has 1 atom stereocenters. The second-order valence-corrected chi connectivity index (χ2v) is 11.7. The van der Waals surface area contributed by atoms with Crippen LogP contribution in [-0.2, 0) is 14.9 Å². The van der Waals surface area contributed by atoms with Gasteiger partial charge >= 0.3 is 12.3 Å². The highest BCUT2D eigenvalue weighted by atomic mass is 19.4. The summed E-state index contributed by atoms with van der Waals surface area (Å²) in [6, 6.07) is 7.69. The lowest BCUT2D eigenvalue weighted by Crippen LogP contribution is -2.52. The van der Waals surface area contributed by atoms with Gasteiger partial charge in [0.05, 0.1) is 6.17 Å². The molecule has 41 heavy (non-hydrogen) atoms. The monoisotopic (exact) mass is 581 g/mol. The Bertz CT molecular complexity index is 1220. The van der Waals surface area contributed by atoms with Gasteiger partial charge in [-0.05, 0) is 99.4 Å². The van der Waals surface area contributed by atoms with Gasteiger partial charge in [-0.25, -0.2) is 13.6 Å². The number of nitrogens with zero attached hydrogens (tertiary/aromatic N) is 1. The number of fused-ring (bicyclic) bond motifs is 3. The number of likely N-dealkylation sites (tertiary alicyclic amines) is 1. The van der Waals surface area contributed by atoms with Gasteiger partial charge in [0.1, 0.15) is 29.2 Å². The van der Waals surface area contributed by atoms with Gasteiger partial charge in [0.2, 0.25) is 5.91 Å². The van der Waals surface area contributed by atoms with E-state index in [1.807, 2.05) is 5.32 Å². The molecule has 0 radical (unpaired) electrons. The summed E-state index contributed by atoms with van der Waals surface area (Å²) in [6.45, 7) is 5.07. The average Bonchev–Trinajstić information content (AvgIpc) is 3.13. The number of benzene rings is 2. The number of carbonyl (C=O) groups excluding carboxylic acids is 2. The summed E-state index contributed by atoms with van der Waals surface area (Å²) in [6.07, 6.45) is -1.84. The molecule has 2 aromatic carbocycles. The van der Waals surface area contributed by atoms with Crippen LogP contribution in [-0.4, -0.2) is 54.5 Å². The zero-order chi connectivity index (χ0) is 30.0. The van der Waals surface area contributed by atoms with Crippen molar-refractivity contribution in [2.45, 2.75) is 82.7 Å². The molecule has 1 fully saturated rings. The van der Waals surface area contributed by atoms with E-state index in [9.17, 15) is 31.5 Å². The van der Waals surface area contributed by atoms with Crippen molar-refractivity contribution in [3.63, 3.8) is 0 Å². The number of alkyl halides is 3. The van der Waals surface area contributed by atoms with Crippen LogP contribution in [0, 0.1) is 11.6 Å². The minimum absolute atomic E-state index is 0.0433. The first-order chi connectivity index (χ1) is 19.2. The summed E-state index contributed by atoms with van der Waals surface area (Å²) in [5.41, 5.74) is -0.920. The molecule has 0 bridgehead atoms. The van der Waals surface area contributed by atoms with E-state index in [0.717, 1.165) is 37.9 Å². The van der Waals surface area contributed by atoms with Crippen LogP contribution in [0.4, 0.5) is 26.7 Å². The quantitative estimate of drug-likeness (QED) is 0.279. The molecule has 224 valence electrons. The molecule has 11 heteroatoms. The number of halogens is 5. The maximum atomic E-state index is 14.5. The Balaban J connectivity index is 1.56. The largest absolute Gasteiger partial charge is 0.444 e. The topological polar surface area (TPSA) is 70.7 Å². The first kappa shape index (κ1) is 30.7. The molecule has 2 N–H and O–H groups in total. The number of nitrogens with one attached hydrogen (secondary N) is 2. The number of ether oxygens (including phenoxy) is 1. The van der Waals surface area contributed by atoms with Crippen molar-refractivity contribution in [1.82, 2.24) is 15.5 Å². The zero-order valence-electron chi connectivity index (χ0n) is 23.5. The number of hydrogen-bond acceptors (Lipinski definition) is 4. The Hall–Kier alpha value is -3.21. The lowest BCUT2D eigenvalue weighted by molar-refractivity contribution is -0.141. The Morgan fingerprint density at radius 3 is 2.15 bits per heavy atom. The minimum atomic E-state index is -4.66.